The van der Waals surface area contributed by atoms with Crippen LogP contribution in [0.5, 0.6) is 0 Å². The summed E-state index contributed by atoms with van der Waals surface area (Å²) in [6.45, 7) is 6.59. The van der Waals surface area contributed by atoms with Crippen molar-refractivity contribution in [2.24, 2.45) is 5.92 Å². The molecule has 5 heteroatoms. The first-order chi connectivity index (χ1) is 26.5. The van der Waals surface area contributed by atoms with E-state index in [1.54, 1.807) is 0 Å². The van der Waals surface area contributed by atoms with E-state index in [9.17, 15) is 14.7 Å². The van der Waals surface area contributed by atoms with Gasteiger partial charge in [0.25, 0.3) is 0 Å². The van der Waals surface area contributed by atoms with Crippen molar-refractivity contribution in [3.05, 3.63) is 0 Å². The number of ether oxygens (including phenoxy) is 2. The molecule has 0 heterocycles. The van der Waals surface area contributed by atoms with Crippen molar-refractivity contribution in [2.45, 2.75) is 284 Å². The highest BCUT2D eigenvalue weighted by Crippen LogP contribution is 2.18. The average molecular weight is 765 g/mol. The molecule has 0 fully saturated rings. The lowest BCUT2D eigenvalue weighted by atomic mass is 9.99. The quantitative estimate of drug-likeness (QED) is 0.0494. The van der Waals surface area contributed by atoms with Crippen molar-refractivity contribution in [1.82, 2.24) is 0 Å². The van der Waals surface area contributed by atoms with Gasteiger partial charge in [-0.2, -0.15) is 0 Å². The minimum Gasteiger partial charge on any atom is -0.462 e. The topological polar surface area (TPSA) is 72.8 Å². The van der Waals surface area contributed by atoms with Crippen LogP contribution in [0, 0.1) is 5.92 Å². The molecular formula is C49H96O5. The van der Waals surface area contributed by atoms with Gasteiger partial charge in [-0.15, -0.1) is 0 Å². The van der Waals surface area contributed by atoms with Gasteiger partial charge in [0.05, 0.1) is 6.61 Å². The van der Waals surface area contributed by atoms with Gasteiger partial charge in [-0.3, -0.25) is 9.59 Å². The fourth-order valence-electron chi connectivity index (χ4n) is 7.59. The highest BCUT2D eigenvalue weighted by atomic mass is 16.6. The predicted molar refractivity (Wildman–Crippen MR) is 233 cm³/mol. The molecule has 0 bridgehead atoms. The van der Waals surface area contributed by atoms with Crippen LogP contribution in [0.25, 0.3) is 0 Å². The monoisotopic (exact) mass is 765 g/mol. The first kappa shape index (κ1) is 52.9. The predicted octanol–water partition coefficient (Wildman–Crippen LogP) is 15.7. The van der Waals surface area contributed by atoms with Gasteiger partial charge in [0.1, 0.15) is 6.61 Å². The second-order valence-corrected chi connectivity index (χ2v) is 17.2. The molecule has 5 nitrogen and oxygen atoms in total. The molecule has 0 saturated carbocycles. The van der Waals surface area contributed by atoms with Gasteiger partial charge < -0.3 is 14.6 Å². The number of hydrogen-bond donors (Lipinski definition) is 1. The first-order valence-corrected chi connectivity index (χ1v) is 24.5. The lowest BCUT2D eigenvalue weighted by Crippen LogP contribution is -2.28. The van der Waals surface area contributed by atoms with E-state index in [1.807, 2.05) is 0 Å². The van der Waals surface area contributed by atoms with E-state index in [0.29, 0.717) is 12.8 Å². The van der Waals surface area contributed by atoms with Crippen molar-refractivity contribution in [2.75, 3.05) is 13.2 Å². The third-order valence-electron chi connectivity index (χ3n) is 11.7. The molecule has 0 aliphatic heterocycles. The van der Waals surface area contributed by atoms with E-state index in [-0.39, 0.29) is 25.2 Å². The Morgan fingerprint density at radius 2 is 0.722 bits per heavy atom. The van der Waals surface area contributed by atoms with E-state index in [1.165, 1.54) is 212 Å². The average Bonchev–Trinajstić information content (AvgIpc) is 3.18. The Kier molecular flexibility index (Phi) is 43.7. The van der Waals surface area contributed by atoms with Crippen molar-refractivity contribution >= 4 is 11.9 Å². The number of rotatable bonds is 45. The Labute approximate surface area is 338 Å². The van der Waals surface area contributed by atoms with Crippen LogP contribution in [0.2, 0.25) is 0 Å². The molecular weight excluding hydrogens is 669 g/mol. The van der Waals surface area contributed by atoms with E-state index < -0.39 is 6.10 Å². The van der Waals surface area contributed by atoms with Crippen LogP contribution < -0.4 is 0 Å². The summed E-state index contributed by atoms with van der Waals surface area (Å²) in [5.74, 6) is 0.346. The lowest BCUT2D eigenvalue weighted by molar-refractivity contribution is -0.161. The molecule has 1 N–H and O–H groups in total. The summed E-state index contributed by atoms with van der Waals surface area (Å²) >= 11 is 0. The highest BCUT2D eigenvalue weighted by molar-refractivity contribution is 5.70. The molecule has 0 aromatic rings. The van der Waals surface area contributed by atoms with Gasteiger partial charge in [-0.05, 0) is 18.8 Å². The highest BCUT2D eigenvalue weighted by Gasteiger charge is 2.16. The molecule has 0 rings (SSSR count). The molecule has 0 aliphatic carbocycles. The Bertz CT molecular complexity index is 754. The SMILES string of the molecule is CCCCCCCCCCCCCCCCCCCCC(=O)OC[C@H](CO)OC(=O)CCCCCCCCCCCCCCCCCCCCC(C)CC. The summed E-state index contributed by atoms with van der Waals surface area (Å²) < 4.78 is 10.7. The summed E-state index contributed by atoms with van der Waals surface area (Å²) in [6.07, 6.45) is 50.4. The lowest BCUT2D eigenvalue weighted by Gasteiger charge is -2.15. The van der Waals surface area contributed by atoms with Crippen molar-refractivity contribution in [1.29, 1.82) is 0 Å². The molecule has 0 aliphatic rings. The number of aliphatic hydroxyl groups excluding tert-OH is 1. The zero-order valence-corrected chi connectivity index (χ0v) is 36.9. The van der Waals surface area contributed by atoms with Gasteiger partial charge >= 0.3 is 11.9 Å². The van der Waals surface area contributed by atoms with E-state index in [2.05, 4.69) is 20.8 Å². The third kappa shape index (κ3) is 42.1. The van der Waals surface area contributed by atoms with E-state index in [0.717, 1.165) is 38.0 Å². The summed E-state index contributed by atoms with van der Waals surface area (Å²) in [7, 11) is 0. The molecule has 0 amide bonds. The zero-order chi connectivity index (χ0) is 39.4. The zero-order valence-electron chi connectivity index (χ0n) is 36.9. The van der Waals surface area contributed by atoms with Crippen LogP contribution in [0.1, 0.15) is 278 Å². The van der Waals surface area contributed by atoms with Gasteiger partial charge in [0, 0.05) is 12.8 Å². The molecule has 54 heavy (non-hydrogen) atoms. The third-order valence-corrected chi connectivity index (χ3v) is 11.7. The molecule has 0 radical (unpaired) electrons. The normalized spacial score (nSPS) is 12.6. The fourth-order valence-corrected chi connectivity index (χ4v) is 7.59. The first-order valence-electron chi connectivity index (χ1n) is 24.5. The van der Waals surface area contributed by atoms with Crippen LogP contribution in [-0.2, 0) is 19.1 Å². The summed E-state index contributed by atoms with van der Waals surface area (Å²) in [5, 5.41) is 9.61. The van der Waals surface area contributed by atoms with Crippen molar-refractivity contribution in [3.8, 4) is 0 Å². The maximum atomic E-state index is 12.2. The minimum absolute atomic E-state index is 0.0566. The van der Waals surface area contributed by atoms with E-state index in [4.69, 9.17) is 9.47 Å². The van der Waals surface area contributed by atoms with Crippen molar-refractivity contribution in [3.63, 3.8) is 0 Å². The Hall–Kier alpha value is -1.10. The number of unbranched alkanes of at least 4 members (excludes halogenated alkanes) is 34. The largest absolute Gasteiger partial charge is 0.462 e. The van der Waals surface area contributed by atoms with Crippen LogP contribution in [0.4, 0.5) is 0 Å². The molecule has 1 unspecified atom stereocenters. The minimum atomic E-state index is -0.763. The molecule has 0 saturated heterocycles. The van der Waals surface area contributed by atoms with E-state index >= 15 is 0 Å². The van der Waals surface area contributed by atoms with Crippen LogP contribution >= 0.6 is 0 Å². The Morgan fingerprint density at radius 3 is 1.04 bits per heavy atom. The summed E-state index contributed by atoms with van der Waals surface area (Å²) in [6, 6.07) is 0. The van der Waals surface area contributed by atoms with Gasteiger partial charge in [-0.25, -0.2) is 0 Å². The molecule has 0 aromatic heterocycles. The number of aliphatic hydroxyl groups is 1. The van der Waals surface area contributed by atoms with Gasteiger partial charge in [0.15, 0.2) is 6.10 Å². The number of hydrogen-bond acceptors (Lipinski definition) is 5. The van der Waals surface area contributed by atoms with Crippen LogP contribution in [0.3, 0.4) is 0 Å². The van der Waals surface area contributed by atoms with Crippen molar-refractivity contribution < 1.29 is 24.2 Å². The maximum Gasteiger partial charge on any atom is 0.306 e. The summed E-state index contributed by atoms with van der Waals surface area (Å²) in [4.78, 5) is 24.4. The molecule has 2 atom stereocenters. The Morgan fingerprint density at radius 1 is 0.426 bits per heavy atom. The van der Waals surface area contributed by atoms with Crippen LogP contribution in [-0.4, -0.2) is 36.4 Å². The Balaban J connectivity index is 3.44. The number of carbonyl (C=O) groups excluding carboxylic acids is 2. The second kappa shape index (κ2) is 44.6. The van der Waals surface area contributed by atoms with Crippen LogP contribution in [0.15, 0.2) is 0 Å². The molecule has 0 aromatic carbocycles. The van der Waals surface area contributed by atoms with Gasteiger partial charge in [0.2, 0.25) is 0 Å². The number of esters is 2. The second-order valence-electron chi connectivity index (χ2n) is 17.2. The standard InChI is InChI=1S/C49H96O5/c1-4-6-7-8-9-10-11-12-13-14-18-21-24-27-30-33-36-39-42-48(51)53-45-47(44-50)54-49(52)43-40-37-34-31-28-25-22-19-16-15-17-20-23-26-29-32-35-38-41-46(3)5-2/h46-47,50H,4-45H2,1-3H3/t46?,47-/m0/s1. The molecule has 0 spiro atoms. The fraction of sp³-hybridized carbons (Fsp3) is 0.959. The molecule has 322 valence electrons. The van der Waals surface area contributed by atoms with Gasteiger partial charge in [-0.1, -0.05) is 252 Å². The number of carbonyl (C=O) groups is 2. The summed E-state index contributed by atoms with van der Waals surface area (Å²) in [5.41, 5.74) is 0. The maximum absolute atomic E-state index is 12.2. The smallest absolute Gasteiger partial charge is 0.306 e.